The molecule has 17 heavy (non-hydrogen) atoms. The zero-order valence-corrected chi connectivity index (χ0v) is 10.1. The van der Waals surface area contributed by atoms with Crippen molar-refractivity contribution in [1.29, 1.82) is 0 Å². The Morgan fingerprint density at radius 2 is 2.18 bits per heavy atom. The quantitative estimate of drug-likeness (QED) is 0.920. The fourth-order valence-electron chi connectivity index (χ4n) is 1.15. The van der Waals surface area contributed by atoms with Crippen LogP contribution >= 0.6 is 15.9 Å². The standard InChI is InChI=1S/C11H7BrN2O3/c12-8-3-4-13-9(5-8)14-11(16)7-1-2-10(15)17-6-7/h1-6H,(H,13,14,16). The molecule has 0 radical (unpaired) electrons. The van der Waals surface area contributed by atoms with E-state index in [2.05, 4.69) is 30.6 Å². The minimum atomic E-state index is -0.498. The molecule has 2 aromatic heterocycles. The van der Waals surface area contributed by atoms with Crippen molar-refractivity contribution in [3.05, 3.63) is 57.2 Å². The van der Waals surface area contributed by atoms with Gasteiger partial charge in [0.05, 0.1) is 5.56 Å². The van der Waals surface area contributed by atoms with Crippen LogP contribution in [0.15, 0.2) is 50.4 Å². The second-order valence-electron chi connectivity index (χ2n) is 3.16. The van der Waals surface area contributed by atoms with E-state index in [-0.39, 0.29) is 11.5 Å². The molecule has 0 bridgehead atoms. The van der Waals surface area contributed by atoms with Crippen LogP contribution in [0.2, 0.25) is 0 Å². The molecule has 0 spiro atoms. The van der Waals surface area contributed by atoms with Crippen molar-refractivity contribution >= 4 is 27.7 Å². The van der Waals surface area contributed by atoms with E-state index in [1.165, 1.54) is 12.1 Å². The maximum absolute atomic E-state index is 11.7. The molecule has 0 aliphatic carbocycles. The predicted molar refractivity (Wildman–Crippen MR) is 64.9 cm³/mol. The number of hydrogen-bond donors (Lipinski definition) is 1. The van der Waals surface area contributed by atoms with Gasteiger partial charge in [-0.25, -0.2) is 9.78 Å². The van der Waals surface area contributed by atoms with Gasteiger partial charge in [-0.15, -0.1) is 0 Å². The molecular formula is C11H7BrN2O3. The fourth-order valence-corrected chi connectivity index (χ4v) is 1.48. The summed E-state index contributed by atoms with van der Waals surface area (Å²) in [5.41, 5.74) is -0.242. The van der Waals surface area contributed by atoms with E-state index >= 15 is 0 Å². The Balaban J connectivity index is 2.17. The van der Waals surface area contributed by atoms with Gasteiger partial charge >= 0.3 is 5.63 Å². The van der Waals surface area contributed by atoms with Gasteiger partial charge in [0.1, 0.15) is 12.1 Å². The Morgan fingerprint density at radius 1 is 1.35 bits per heavy atom. The summed E-state index contributed by atoms with van der Waals surface area (Å²) in [5, 5.41) is 2.58. The van der Waals surface area contributed by atoms with Crippen molar-refractivity contribution < 1.29 is 9.21 Å². The van der Waals surface area contributed by atoms with Crippen LogP contribution in [-0.4, -0.2) is 10.9 Å². The van der Waals surface area contributed by atoms with Crippen molar-refractivity contribution in [2.24, 2.45) is 0 Å². The highest BCUT2D eigenvalue weighted by molar-refractivity contribution is 9.10. The number of anilines is 1. The highest BCUT2D eigenvalue weighted by Crippen LogP contribution is 2.13. The molecule has 2 heterocycles. The molecule has 0 unspecified atom stereocenters. The highest BCUT2D eigenvalue weighted by atomic mass is 79.9. The molecule has 1 amide bonds. The van der Waals surface area contributed by atoms with Crippen LogP contribution in [0.5, 0.6) is 0 Å². The van der Waals surface area contributed by atoms with Crippen LogP contribution < -0.4 is 10.9 Å². The van der Waals surface area contributed by atoms with E-state index in [0.29, 0.717) is 5.82 Å². The number of aromatic nitrogens is 1. The van der Waals surface area contributed by atoms with Crippen molar-refractivity contribution in [3.63, 3.8) is 0 Å². The van der Waals surface area contributed by atoms with E-state index in [4.69, 9.17) is 0 Å². The monoisotopic (exact) mass is 294 g/mol. The number of amides is 1. The average Bonchev–Trinajstić information content (AvgIpc) is 2.29. The van der Waals surface area contributed by atoms with Gasteiger partial charge in [0.2, 0.25) is 0 Å². The summed E-state index contributed by atoms with van der Waals surface area (Å²) in [6.45, 7) is 0. The zero-order valence-electron chi connectivity index (χ0n) is 8.51. The molecule has 0 aromatic carbocycles. The molecule has 2 aromatic rings. The molecule has 0 atom stereocenters. The lowest BCUT2D eigenvalue weighted by molar-refractivity contribution is 0.102. The number of carbonyl (C=O) groups is 1. The van der Waals surface area contributed by atoms with Crippen molar-refractivity contribution in [3.8, 4) is 0 Å². The van der Waals surface area contributed by atoms with Gasteiger partial charge in [0.25, 0.3) is 5.91 Å². The number of rotatable bonds is 2. The van der Waals surface area contributed by atoms with Gasteiger partial charge in [-0.2, -0.15) is 0 Å². The summed E-state index contributed by atoms with van der Waals surface area (Å²) in [4.78, 5) is 26.4. The number of nitrogens with one attached hydrogen (secondary N) is 1. The van der Waals surface area contributed by atoms with Crippen molar-refractivity contribution in [2.75, 3.05) is 5.32 Å². The van der Waals surface area contributed by atoms with Crippen LogP contribution in [0.4, 0.5) is 5.82 Å². The Labute approximate surface area is 105 Å². The van der Waals surface area contributed by atoms with Crippen molar-refractivity contribution in [1.82, 2.24) is 4.98 Å². The Kier molecular flexibility index (Phi) is 3.34. The highest BCUT2D eigenvalue weighted by Gasteiger charge is 2.07. The van der Waals surface area contributed by atoms with Crippen LogP contribution in [-0.2, 0) is 0 Å². The third kappa shape index (κ3) is 3.01. The van der Waals surface area contributed by atoms with Gasteiger partial charge < -0.3 is 9.73 Å². The van der Waals surface area contributed by atoms with Crippen LogP contribution in [0.1, 0.15) is 10.4 Å². The molecule has 2 rings (SSSR count). The molecule has 0 aliphatic rings. The molecule has 0 aliphatic heterocycles. The summed E-state index contributed by atoms with van der Waals surface area (Å²) in [7, 11) is 0. The van der Waals surface area contributed by atoms with Crippen LogP contribution in [0.3, 0.4) is 0 Å². The lowest BCUT2D eigenvalue weighted by Gasteiger charge is -2.03. The lowest BCUT2D eigenvalue weighted by Crippen LogP contribution is -2.13. The smallest absolute Gasteiger partial charge is 0.335 e. The first-order valence-electron chi connectivity index (χ1n) is 4.67. The molecule has 0 saturated carbocycles. The van der Waals surface area contributed by atoms with E-state index < -0.39 is 5.63 Å². The Hall–Kier alpha value is -1.95. The first-order valence-corrected chi connectivity index (χ1v) is 5.46. The third-order valence-electron chi connectivity index (χ3n) is 1.93. The van der Waals surface area contributed by atoms with Crippen LogP contribution in [0.25, 0.3) is 0 Å². The van der Waals surface area contributed by atoms with E-state index in [1.54, 1.807) is 18.3 Å². The Morgan fingerprint density at radius 3 is 2.82 bits per heavy atom. The molecule has 0 saturated heterocycles. The van der Waals surface area contributed by atoms with Gasteiger partial charge in [-0.3, -0.25) is 4.79 Å². The summed E-state index contributed by atoms with van der Waals surface area (Å²) >= 11 is 3.27. The van der Waals surface area contributed by atoms with Gasteiger partial charge in [-0.05, 0) is 18.2 Å². The Bertz CT molecular complexity index is 589. The first kappa shape index (κ1) is 11.5. The summed E-state index contributed by atoms with van der Waals surface area (Å²) in [6.07, 6.45) is 2.67. The SMILES string of the molecule is O=C(Nc1cc(Br)ccn1)c1ccc(=O)oc1. The zero-order chi connectivity index (χ0) is 12.3. The molecule has 0 fully saturated rings. The summed E-state index contributed by atoms with van der Waals surface area (Å²) in [6, 6.07) is 5.98. The molecule has 5 nitrogen and oxygen atoms in total. The maximum Gasteiger partial charge on any atom is 0.335 e. The topological polar surface area (TPSA) is 72.2 Å². The first-order chi connectivity index (χ1) is 8.15. The maximum atomic E-state index is 11.7. The van der Waals surface area contributed by atoms with Gasteiger partial charge in [-0.1, -0.05) is 15.9 Å². The van der Waals surface area contributed by atoms with Gasteiger partial charge in [0, 0.05) is 16.7 Å². The number of nitrogens with zero attached hydrogens (tertiary/aromatic N) is 1. The predicted octanol–water partition coefficient (Wildman–Crippen LogP) is 2.05. The number of carbonyl (C=O) groups excluding carboxylic acids is 1. The number of pyridine rings is 1. The number of halogens is 1. The minimum absolute atomic E-state index is 0.256. The second kappa shape index (κ2) is 4.92. The van der Waals surface area contributed by atoms with E-state index in [1.807, 2.05) is 0 Å². The lowest BCUT2D eigenvalue weighted by atomic mass is 10.3. The average molecular weight is 295 g/mol. The van der Waals surface area contributed by atoms with Gasteiger partial charge in [0.15, 0.2) is 0 Å². The second-order valence-corrected chi connectivity index (χ2v) is 4.07. The largest absolute Gasteiger partial charge is 0.430 e. The summed E-state index contributed by atoms with van der Waals surface area (Å²) in [5.74, 6) is 0.0231. The molecule has 6 heteroatoms. The minimum Gasteiger partial charge on any atom is -0.430 e. The molecule has 86 valence electrons. The molecule has 1 N–H and O–H groups in total. The van der Waals surface area contributed by atoms with E-state index in [0.717, 1.165) is 10.7 Å². The molecular weight excluding hydrogens is 288 g/mol. The number of hydrogen-bond acceptors (Lipinski definition) is 4. The third-order valence-corrected chi connectivity index (χ3v) is 2.42. The summed E-state index contributed by atoms with van der Waals surface area (Å²) < 4.78 is 5.40. The fraction of sp³-hybridized carbons (Fsp3) is 0. The normalized spacial score (nSPS) is 9.94. The van der Waals surface area contributed by atoms with Crippen molar-refractivity contribution in [2.45, 2.75) is 0 Å². The van der Waals surface area contributed by atoms with E-state index in [9.17, 15) is 9.59 Å². The van der Waals surface area contributed by atoms with Crippen LogP contribution in [0, 0.1) is 0 Å².